The maximum atomic E-state index is 5.36. The Morgan fingerprint density at radius 3 is 2.77 bits per heavy atom. The number of nitrogens with zero attached hydrogens (tertiary/aromatic N) is 2. The van der Waals surface area contributed by atoms with Gasteiger partial charge in [0.25, 0.3) is 0 Å². The van der Waals surface area contributed by atoms with Crippen molar-refractivity contribution in [2.24, 2.45) is 7.05 Å². The van der Waals surface area contributed by atoms with Gasteiger partial charge in [-0.15, -0.1) is 0 Å². The molecule has 3 aromatic rings. The van der Waals surface area contributed by atoms with Gasteiger partial charge in [-0.2, -0.15) is 0 Å². The summed E-state index contributed by atoms with van der Waals surface area (Å²) in [5, 5.41) is 1.41. The van der Waals surface area contributed by atoms with E-state index in [4.69, 9.17) is 4.74 Å². The first-order chi connectivity index (χ1) is 10.8. The molecule has 22 heavy (non-hydrogen) atoms. The van der Waals surface area contributed by atoms with E-state index < -0.39 is 0 Å². The minimum Gasteiger partial charge on any atom is -0.497 e. The van der Waals surface area contributed by atoms with Crippen LogP contribution in [0.15, 0.2) is 48.5 Å². The predicted octanol–water partition coefficient (Wildman–Crippen LogP) is 3.75. The number of rotatable bonds is 2. The van der Waals surface area contributed by atoms with E-state index in [0.29, 0.717) is 0 Å². The molecule has 0 saturated heterocycles. The first kappa shape index (κ1) is 13.3. The average Bonchev–Trinajstić information content (AvgIpc) is 2.88. The van der Waals surface area contributed by atoms with E-state index in [2.05, 4.69) is 59.0 Å². The van der Waals surface area contributed by atoms with Crippen molar-refractivity contribution < 1.29 is 4.74 Å². The number of benzene rings is 2. The highest BCUT2D eigenvalue weighted by atomic mass is 16.5. The largest absolute Gasteiger partial charge is 0.497 e. The van der Waals surface area contributed by atoms with Gasteiger partial charge in [0.2, 0.25) is 0 Å². The Hall–Kier alpha value is -2.42. The van der Waals surface area contributed by atoms with Crippen LogP contribution in [0, 0.1) is 0 Å². The SMILES string of the molecule is COc1cccc(N2CCc3c(n(C)c4ccccc34)C2)c1. The molecule has 0 fully saturated rings. The normalized spacial score (nSPS) is 14.2. The Bertz CT molecular complexity index is 835. The Kier molecular flexibility index (Phi) is 3.07. The van der Waals surface area contributed by atoms with E-state index >= 15 is 0 Å². The van der Waals surface area contributed by atoms with Crippen LogP contribution in [-0.2, 0) is 20.0 Å². The lowest BCUT2D eigenvalue weighted by molar-refractivity contribution is 0.414. The zero-order valence-electron chi connectivity index (χ0n) is 13.0. The molecule has 0 aliphatic carbocycles. The van der Waals surface area contributed by atoms with Crippen LogP contribution in [0.5, 0.6) is 5.75 Å². The van der Waals surface area contributed by atoms with Crippen molar-refractivity contribution in [2.75, 3.05) is 18.6 Å². The second kappa shape index (κ2) is 5.09. The molecule has 1 aliphatic rings. The summed E-state index contributed by atoms with van der Waals surface area (Å²) in [6.45, 7) is 2.00. The number of hydrogen-bond donors (Lipinski definition) is 0. The second-order valence-electron chi connectivity index (χ2n) is 5.87. The van der Waals surface area contributed by atoms with E-state index in [1.165, 1.54) is 27.8 Å². The number of para-hydroxylation sites is 1. The summed E-state index contributed by atoms with van der Waals surface area (Å²) in [7, 11) is 3.90. The number of hydrogen-bond acceptors (Lipinski definition) is 2. The van der Waals surface area contributed by atoms with Crippen molar-refractivity contribution in [1.29, 1.82) is 0 Å². The zero-order valence-corrected chi connectivity index (χ0v) is 13.0. The zero-order chi connectivity index (χ0) is 15.1. The average molecular weight is 292 g/mol. The standard InChI is InChI=1S/C19H20N2O/c1-20-18-9-4-3-8-16(18)17-10-11-21(13-19(17)20)14-6-5-7-15(12-14)22-2/h3-9,12H,10-11,13H2,1-2H3. The summed E-state index contributed by atoms with van der Waals surface area (Å²) in [6, 6.07) is 17.0. The van der Waals surface area contributed by atoms with Gasteiger partial charge in [-0.25, -0.2) is 0 Å². The van der Waals surface area contributed by atoms with Crippen molar-refractivity contribution in [3.8, 4) is 5.75 Å². The lowest BCUT2D eigenvalue weighted by atomic mass is 10.0. The number of anilines is 1. The van der Waals surface area contributed by atoms with E-state index in [-0.39, 0.29) is 0 Å². The molecular weight excluding hydrogens is 272 g/mol. The van der Waals surface area contributed by atoms with Crippen LogP contribution in [0.3, 0.4) is 0 Å². The molecule has 0 atom stereocenters. The third-order valence-electron chi connectivity index (χ3n) is 4.73. The van der Waals surface area contributed by atoms with E-state index in [1.807, 2.05) is 6.07 Å². The number of methoxy groups -OCH3 is 1. The maximum Gasteiger partial charge on any atom is 0.120 e. The third kappa shape index (κ3) is 1.97. The number of aromatic nitrogens is 1. The predicted molar refractivity (Wildman–Crippen MR) is 90.7 cm³/mol. The Morgan fingerprint density at radius 1 is 1.05 bits per heavy atom. The quantitative estimate of drug-likeness (QED) is 0.715. The molecule has 3 nitrogen and oxygen atoms in total. The fourth-order valence-electron chi connectivity index (χ4n) is 3.54. The Labute approximate surface area is 130 Å². The first-order valence-corrected chi connectivity index (χ1v) is 7.72. The highest BCUT2D eigenvalue weighted by Gasteiger charge is 2.22. The van der Waals surface area contributed by atoms with Gasteiger partial charge < -0.3 is 14.2 Å². The summed E-state index contributed by atoms with van der Waals surface area (Å²) < 4.78 is 7.70. The van der Waals surface area contributed by atoms with Crippen LogP contribution in [0.1, 0.15) is 11.3 Å². The molecule has 0 saturated carbocycles. The summed E-state index contributed by atoms with van der Waals surface area (Å²) >= 11 is 0. The third-order valence-corrected chi connectivity index (χ3v) is 4.73. The molecule has 0 unspecified atom stereocenters. The van der Waals surface area contributed by atoms with Gasteiger partial charge in [0.05, 0.1) is 13.7 Å². The fraction of sp³-hybridized carbons (Fsp3) is 0.263. The number of fused-ring (bicyclic) bond motifs is 3. The highest BCUT2D eigenvalue weighted by Crippen LogP contribution is 2.32. The van der Waals surface area contributed by atoms with Gasteiger partial charge in [-0.05, 0) is 30.2 Å². The Balaban J connectivity index is 1.75. The monoisotopic (exact) mass is 292 g/mol. The molecule has 1 aromatic heterocycles. The lowest BCUT2D eigenvalue weighted by Gasteiger charge is -2.30. The molecule has 0 spiro atoms. The molecule has 0 N–H and O–H groups in total. The molecule has 3 heteroatoms. The second-order valence-corrected chi connectivity index (χ2v) is 5.87. The summed E-state index contributed by atoms with van der Waals surface area (Å²) in [6.07, 6.45) is 1.09. The molecule has 2 aromatic carbocycles. The molecule has 1 aliphatic heterocycles. The summed E-state index contributed by atoms with van der Waals surface area (Å²) in [5.41, 5.74) is 5.50. The Morgan fingerprint density at radius 2 is 1.91 bits per heavy atom. The van der Waals surface area contributed by atoms with E-state index in [0.717, 1.165) is 25.3 Å². The minimum atomic E-state index is 0.917. The smallest absolute Gasteiger partial charge is 0.120 e. The van der Waals surface area contributed by atoms with E-state index in [9.17, 15) is 0 Å². The molecule has 2 heterocycles. The van der Waals surface area contributed by atoms with Crippen molar-refractivity contribution >= 4 is 16.6 Å². The summed E-state index contributed by atoms with van der Waals surface area (Å²) in [4.78, 5) is 2.43. The maximum absolute atomic E-state index is 5.36. The van der Waals surface area contributed by atoms with E-state index in [1.54, 1.807) is 7.11 Å². The lowest BCUT2D eigenvalue weighted by Crippen LogP contribution is -2.31. The molecule has 0 radical (unpaired) electrons. The van der Waals surface area contributed by atoms with Crippen LogP contribution in [0.4, 0.5) is 5.69 Å². The molecule has 112 valence electrons. The number of aryl methyl sites for hydroxylation is 1. The molecule has 0 bridgehead atoms. The van der Waals surface area contributed by atoms with Crippen LogP contribution in [0.2, 0.25) is 0 Å². The molecular formula is C19H20N2O. The van der Waals surface area contributed by atoms with Crippen LogP contribution in [-0.4, -0.2) is 18.2 Å². The molecule has 0 amide bonds. The topological polar surface area (TPSA) is 17.4 Å². The first-order valence-electron chi connectivity index (χ1n) is 7.72. The van der Waals surface area contributed by atoms with Crippen molar-refractivity contribution in [3.05, 3.63) is 59.8 Å². The van der Waals surface area contributed by atoms with Crippen LogP contribution < -0.4 is 9.64 Å². The van der Waals surface area contributed by atoms with Gasteiger partial charge in [-0.3, -0.25) is 0 Å². The summed E-state index contributed by atoms with van der Waals surface area (Å²) in [5.74, 6) is 0.917. The fourth-order valence-corrected chi connectivity index (χ4v) is 3.54. The van der Waals surface area contributed by atoms with Crippen molar-refractivity contribution in [2.45, 2.75) is 13.0 Å². The van der Waals surface area contributed by atoms with Crippen molar-refractivity contribution in [1.82, 2.24) is 4.57 Å². The van der Waals surface area contributed by atoms with Crippen LogP contribution >= 0.6 is 0 Å². The minimum absolute atomic E-state index is 0.917. The van der Waals surface area contributed by atoms with Gasteiger partial charge in [0, 0.05) is 41.9 Å². The number of ether oxygens (including phenoxy) is 1. The van der Waals surface area contributed by atoms with Crippen molar-refractivity contribution in [3.63, 3.8) is 0 Å². The molecule has 4 rings (SSSR count). The highest BCUT2D eigenvalue weighted by molar-refractivity contribution is 5.86. The van der Waals surface area contributed by atoms with Gasteiger partial charge in [0.1, 0.15) is 5.75 Å². The van der Waals surface area contributed by atoms with Gasteiger partial charge in [-0.1, -0.05) is 24.3 Å². The van der Waals surface area contributed by atoms with Gasteiger partial charge in [0.15, 0.2) is 0 Å². The van der Waals surface area contributed by atoms with Crippen LogP contribution in [0.25, 0.3) is 10.9 Å². The van der Waals surface area contributed by atoms with Gasteiger partial charge >= 0.3 is 0 Å².